The Morgan fingerprint density at radius 2 is 1.61 bits per heavy atom. The lowest BCUT2D eigenvalue weighted by atomic mass is 10.2. The fourth-order valence-corrected chi connectivity index (χ4v) is 5.45. The van der Waals surface area contributed by atoms with Gasteiger partial charge < -0.3 is 14.5 Å². The number of aromatic nitrogens is 2. The molecule has 0 bridgehead atoms. The van der Waals surface area contributed by atoms with Crippen LogP contribution in [0.3, 0.4) is 0 Å². The molecule has 9 heteroatoms. The van der Waals surface area contributed by atoms with Crippen molar-refractivity contribution in [2.45, 2.75) is 45.1 Å². The van der Waals surface area contributed by atoms with Crippen LogP contribution in [0.1, 0.15) is 32.2 Å². The van der Waals surface area contributed by atoms with Crippen molar-refractivity contribution in [3.8, 4) is 0 Å². The van der Waals surface area contributed by atoms with E-state index in [0.717, 1.165) is 11.3 Å². The quantitative estimate of drug-likeness (QED) is 0.576. The first kappa shape index (κ1) is 23.1. The standard InChI is InChI=1S/C24H30N4O4S/c1-17-6-9-20(10-7-17)33(30,31)28-18(2)25-21-16-19(8-11-22(21)28)26-12-14-27(15-13-26)23(29)32-24(3,4)5/h6-11,16H,12-15H2,1-5H3. The SMILES string of the molecule is Cc1ccc(S(=O)(=O)n2c(C)nc3cc(N4CCN(C(=O)OC(C)(C)C)CC4)ccc32)cc1. The van der Waals surface area contributed by atoms with Crippen LogP contribution < -0.4 is 4.90 Å². The van der Waals surface area contributed by atoms with Gasteiger partial charge in [-0.2, -0.15) is 0 Å². The lowest BCUT2D eigenvalue weighted by Crippen LogP contribution is -2.50. The van der Waals surface area contributed by atoms with Crippen LogP contribution in [-0.2, 0) is 14.8 Å². The third-order valence-corrected chi connectivity index (χ3v) is 7.42. The van der Waals surface area contributed by atoms with Crippen LogP contribution in [0, 0.1) is 13.8 Å². The van der Waals surface area contributed by atoms with Gasteiger partial charge in [-0.25, -0.2) is 22.2 Å². The van der Waals surface area contributed by atoms with Crippen molar-refractivity contribution in [1.82, 2.24) is 13.9 Å². The summed E-state index contributed by atoms with van der Waals surface area (Å²) in [5.74, 6) is 0.414. The highest BCUT2D eigenvalue weighted by Gasteiger charge is 2.27. The van der Waals surface area contributed by atoms with Gasteiger partial charge in [0, 0.05) is 31.9 Å². The van der Waals surface area contributed by atoms with Crippen molar-refractivity contribution < 1.29 is 17.9 Å². The predicted octanol–water partition coefficient (Wildman–Crippen LogP) is 3.95. The predicted molar refractivity (Wildman–Crippen MR) is 128 cm³/mol. The number of imidazole rings is 1. The van der Waals surface area contributed by atoms with Gasteiger partial charge in [-0.15, -0.1) is 0 Å². The van der Waals surface area contributed by atoms with E-state index in [1.54, 1.807) is 42.2 Å². The van der Waals surface area contributed by atoms with Crippen molar-refractivity contribution in [3.63, 3.8) is 0 Å². The number of nitrogens with zero attached hydrogens (tertiary/aromatic N) is 4. The van der Waals surface area contributed by atoms with Gasteiger partial charge in [0.1, 0.15) is 11.4 Å². The molecule has 2 aromatic carbocycles. The highest BCUT2D eigenvalue weighted by atomic mass is 32.2. The summed E-state index contributed by atoms with van der Waals surface area (Å²) in [7, 11) is -3.76. The number of carbonyl (C=O) groups is 1. The number of carbonyl (C=O) groups excluding carboxylic acids is 1. The molecule has 3 aromatic rings. The van der Waals surface area contributed by atoms with Gasteiger partial charge >= 0.3 is 6.09 Å². The number of hydrogen-bond donors (Lipinski definition) is 0. The summed E-state index contributed by atoms with van der Waals surface area (Å²) >= 11 is 0. The number of piperazine rings is 1. The Morgan fingerprint density at radius 3 is 2.21 bits per heavy atom. The number of aryl methyl sites for hydroxylation is 2. The average Bonchev–Trinajstić information content (AvgIpc) is 3.08. The molecular formula is C24H30N4O4S. The van der Waals surface area contributed by atoms with E-state index in [1.807, 2.05) is 39.8 Å². The third-order valence-electron chi connectivity index (χ3n) is 5.61. The maximum Gasteiger partial charge on any atom is 0.410 e. The minimum atomic E-state index is -3.76. The molecule has 1 aliphatic heterocycles. The van der Waals surface area contributed by atoms with E-state index in [4.69, 9.17) is 4.74 Å². The lowest BCUT2D eigenvalue weighted by molar-refractivity contribution is 0.0240. The van der Waals surface area contributed by atoms with E-state index in [-0.39, 0.29) is 11.0 Å². The zero-order chi connectivity index (χ0) is 24.0. The molecule has 0 saturated carbocycles. The minimum Gasteiger partial charge on any atom is -0.444 e. The van der Waals surface area contributed by atoms with Gasteiger partial charge in [0.05, 0.1) is 15.9 Å². The molecule has 1 aliphatic rings. The largest absolute Gasteiger partial charge is 0.444 e. The number of amides is 1. The van der Waals surface area contributed by atoms with E-state index in [1.165, 1.54) is 3.97 Å². The van der Waals surface area contributed by atoms with Crippen LogP contribution in [0.4, 0.5) is 10.5 Å². The molecule has 1 amide bonds. The summed E-state index contributed by atoms with van der Waals surface area (Å²) in [6, 6.07) is 12.4. The van der Waals surface area contributed by atoms with Crippen LogP contribution in [0.15, 0.2) is 47.4 Å². The second kappa shape index (κ2) is 8.37. The van der Waals surface area contributed by atoms with Crippen molar-refractivity contribution in [1.29, 1.82) is 0 Å². The maximum absolute atomic E-state index is 13.3. The van der Waals surface area contributed by atoms with Gasteiger partial charge in [0.15, 0.2) is 0 Å². The molecule has 1 fully saturated rings. The van der Waals surface area contributed by atoms with E-state index in [9.17, 15) is 13.2 Å². The first-order valence-electron chi connectivity index (χ1n) is 11.0. The summed E-state index contributed by atoms with van der Waals surface area (Å²) in [5.41, 5.74) is 2.59. The van der Waals surface area contributed by atoms with Crippen LogP contribution in [-0.4, -0.2) is 60.1 Å². The Hall–Kier alpha value is -3.07. The Balaban J connectivity index is 1.56. The molecule has 8 nitrogen and oxygen atoms in total. The Bertz CT molecular complexity index is 1280. The number of hydrogen-bond acceptors (Lipinski definition) is 6. The average molecular weight is 471 g/mol. The van der Waals surface area contributed by atoms with E-state index >= 15 is 0 Å². The van der Waals surface area contributed by atoms with Gasteiger partial charge in [-0.05, 0) is 65.0 Å². The second-order valence-corrected chi connectivity index (χ2v) is 11.2. The fourth-order valence-electron chi connectivity index (χ4n) is 3.96. The Labute approximate surface area is 194 Å². The number of ether oxygens (including phenoxy) is 1. The molecule has 0 atom stereocenters. The molecule has 0 aliphatic carbocycles. The van der Waals surface area contributed by atoms with E-state index in [0.29, 0.717) is 43.0 Å². The first-order valence-corrected chi connectivity index (χ1v) is 12.4. The van der Waals surface area contributed by atoms with Crippen LogP contribution in [0.2, 0.25) is 0 Å². The van der Waals surface area contributed by atoms with Crippen molar-refractivity contribution >= 4 is 32.8 Å². The molecule has 0 spiro atoms. The number of anilines is 1. The van der Waals surface area contributed by atoms with Crippen molar-refractivity contribution in [3.05, 3.63) is 53.9 Å². The maximum atomic E-state index is 13.3. The number of fused-ring (bicyclic) bond motifs is 1. The van der Waals surface area contributed by atoms with Crippen LogP contribution >= 0.6 is 0 Å². The molecule has 4 rings (SSSR count). The molecular weight excluding hydrogens is 440 g/mol. The summed E-state index contributed by atoms with van der Waals surface area (Å²) in [5, 5.41) is 0. The monoisotopic (exact) mass is 470 g/mol. The molecule has 33 heavy (non-hydrogen) atoms. The summed E-state index contributed by atoms with van der Waals surface area (Å²) in [6.45, 7) is 11.6. The number of benzene rings is 2. The second-order valence-electron chi connectivity index (χ2n) is 9.37. The van der Waals surface area contributed by atoms with Crippen LogP contribution in [0.25, 0.3) is 11.0 Å². The summed E-state index contributed by atoms with van der Waals surface area (Å²) in [4.78, 5) is 21.0. The van der Waals surface area contributed by atoms with E-state index < -0.39 is 15.6 Å². The lowest BCUT2D eigenvalue weighted by Gasteiger charge is -2.36. The molecule has 0 unspecified atom stereocenters. The topological polar surface area (TPSA) is 84.7 Å². The van der Waals surface area contributed by atoms with Gasteiger partial charge in [0.25, 0.3) is 10.0 Å². The fraction of sp³-hybridized carbons (Fsp3) is 0.417. The van der Waals surface area contributed by atoms with Gasteiger partial charge in [0.2, 0.25) is 0 Å². The zero-order valence-electron chi connectivity index (χ0n) is 19.7. The molecule has 0 radical (unpaired) electrons. The third kappa shape index (κ3) is 4.68. The molecule has 1 saturated heterocycles. The highest BCUT2D eigenvalue weighted by Crippen LogP contribution is 2.27. The summed E-state index contributed by atoms with van der Waals surface area (Å²) < 4.78 is 33.3. The summed E-state index contributed by atoms with van der Waals surface area (Å²) in [6.07, 6.45) is -0.298. The molecule has 0 N–H and O–H groups in total. The van der Waals surface area contributed by atoms with E-state index in [2.05, 4.69) is 9.88 Å². The molecule has 2 heterocycles. The van der Waals surface area contributed by atoms with Crippen molar-refractivity contribution in [2.24, 2.45) is 0 Å². The minimum absolute atomic E-state index is 0.234. The zero-order valence-corrected chi connectivity index (χ0v) is 20.5. The molecule has 176 valence electrons. The van der Waals surface area contributed by atoms with Gasteiger partial charge in [-0.1, -0.05) is 17.7 Å². The molecule has 1 aromatic heterocycles. The van der Waals surface area contributed by atoms with Gasteiger partial charge in [-0.3, -0.25) is 0 Å². The highest BCUT2D eigenvalue weighted by molar-refractivity contribution is 7.90. The number of rotatable bonds is 3. The smallest absolute Gasteiger partial charge is 0.410 e. The normalized spacial score (nSPS) is 15.2. The first-order chi connectivity index (χ1) is 15.5. The Kier molecular flexibility index (Phi) is 5.86. The van der Waals surface area contributed by atoms with Crippen LogP contribution in [0.5, 0.6) is 0 Å². The Morgan fingerprint density at radius 1 is 0.970 bits per heavy atom. The van der Waals surface area contributed by atoms with Crippen molar-refractivity contribution in [2.75, 3.05) is 31.1 Å².